The van der Waals surface area contributed by atoms with Gasteiger partial charge in [-0.05, 0) is 24.3 Å². The van der Waals surface area contributed by atoms with Gasteiger partial charge in [0.25, 0.3) is 0 Å². The van der Waals surface area contributed by atoms with Crippen molar-refractivity contribution in [3.05, 3.63) is 66.7 Å². The van der Waals surface area contributed by atoms with E-state index in [9.17, 15) is 5.11 Å². The molecule has 0 aliphatic heterocycles. The van der Waals surface area contributed by atoms with E-state index in [0.29, 0.717) is 0 Å². The minimum Gasteiger partial charge on any atom is -0.507 e. The van der Waals surface area contributed by atoms with Crippen molar-refractivity contribution in [3.63, 3.8) is 0 Å². The molecule has 2 heterocycles. The van der Waals surface area contributed by atoms with Crippen LogP contribution in [0.5, 0.6) is 5.75 Å². The zero-order valence-electron chi connectivity index (χ0n) is 12.2. The number of phenolic OH excluding ortho intramolecular Hbond substituents is 1. The van der Waals surface area contributed by atoms with Gasteiger partial charge in [-0.25, -0.2) is 9.97 Å². The molecule has 5 rings (SSSR count). The molecule has 0 unspecified atom stereocenters. The number of hydrogen-bond acceptors (Lipinski definition) is 3. The van der Waals surface area contributed by atoms with Crippen LogP contribution in [0.1, 0.15) is 0 Å². The summed E-state index contributed by atoms with van der Waals surface area (Å²) in [5.41, 5.74) is 3.38. The van der Waals surface area contributed by atoms with Crippen molar-refractivity contribution in [2.75, 3.05) is 0 Å². The normalized spacial score (nSPS) is 11.7. The Bertz CT molecular complexity index is 1230. The summed E-state index contributed by atoms with van der Waals surface area (Å²) < 4.78 is 0. The number of phenols is 1. The maximum Gasteiger partial charge on any atom is 0.127 e. The van der Waals surface area contributed by atoms with E-state index < -0.39 is 0 Å². The maximum atomic E-state index is 10.4. The molecule has 0 aliphatic rings. The first kappa shape index (κ1) is 12.4. The molecule has 2 aromatic heterocycles. The lowest BCUT2D eigenvalue weighted by molar-refractivity contribution is 0.482. The zero-order valence-corrected chi connectivity index (χ0v) is 12.2. The number of pyridine rings is 2. The molecule has 0 spiro atoms. The second-order valence-corrected chi connectivity index (χ2v) is 5.72. The van der Waals surface area contributed by atoms with Gasteiger partial charge in [0.2, 0.25) is 0 Å². The second kappa shape index (κ2) is 4.40. The summed E-state index contributed by atoms with van der Waals surface area (Å²) in [6.07, 6.45) is 0. The fourth-order valence-corrected chi connectivity index (χ4v) is 3.15. The molecule has 5 aromatic rings. The van der Waals surface area contributed by atoms with E-state index in [1.54, 1.807) is 6.07 Å². The Morgan fingerprint density at radius 3 is 1.96 bits per heavy atom. The number of nitrogens with zero attached hydrogens (tertiary/aromatic N) is 2. The fourth-order valence-electron chi connectivity index (χ4n) is 3.15. The highest BCUT2D eigenvalue weighted by Crippen LogP contribution is 2.34. The number of aromatic nitrogens is 2. The van der Waals surface area contributed by atoms with Gasteiger partial charge in [-0.2, -0.15) is 0 Å². The largest absolute Gasteiger partial charge is 0.507 e. The van der Waals surface area contributed by atoms with E-state index in [0.717, 1.165) is 43.6 Å². The van der Waals surface area contributed by atoms with Crippen molar-refractivity contribution in [2.45, 2.75) is 0 Å². The first-order chi connectivity index (χ1) is 11.3. The molecule has 0 fully saturated rings. The molecule has 3 nitrogen and oxygen atoms in total. The second-order valence-electron chi connectivity index (χ2n) is 5.72. The Morgan fingerprint density at radius 2 is 1.22 bits per heavy atom. The highest BCUT2D eigenvalue weighted by Gasteiger charge is 2.11. The van der Waals surface area contributed by atoms with Crippen LogP contribution in [0, 0.1) is 0 Å². The van der Waals surface area contributed by atoms with Gasteiger partial charge in [-0.1, -0.05) is 36.4 Å². The van der Waals surface area contributed by atoms with E-state index in [1.165, 1.54) is 0 Å². The molecule has 108 valence electrons. The quantitative estimate of drug-likeness (QED) is 0.330. The highest BCUT2D eigenvalue weighted by atomic mass is 16.3. The molecule has 0 saturated heterocycles. The SMILES string of the molecule is Oc1cc2nc3ccccc3cc2c2nc3ccccc3cc12. The van der Waals surface area contributed by atoms with E-state index >= 15 is 0 Å². The van der Waals surface area contributed by atoms with Crippen molar-refractivity contribution >= 4 is 43.6 Å². The molecule has 0 bridgehead atoms. The summed E-state index contributed by atoms with van der Waals surface area (Å²) in [6.45, 7) is 0. The molecule has 0 radical (unpaired) electrons. The van der Waals surface area contributed by atoms with Crippen LogP contribution in [0.25, 0.3) is 43.6 Å². The van der Waals surface area contributed by atoms with Crippen molar-refractivity contribution in [1.82, 2.24) is 9.97 Å². The monoisotopic (exact) mass is 296 g/mol. The lowest BCUT2D eigenvalue weighted by Gasteiger charge is -2.08. The predicted molar refractivity (Wildman–Crippen MR) is 93.7 cm³/mol. The van der Waals surface area contributed by atoms with E-state index in [2.05, 4.69) is 11.1 Å². The van der Waals surface area contributed by atoms with Crippen molar-refractivity contribution in [1.29, 1.82) is 0 Å². The van der Waals surface area contributed by atoms with Crippen LogP contribution in [0.15, 0.2) is 66.7 Å². The minimum absolute atomic E-state index is 0.216. The summed E-state index contributed by atoms with van der Waals surface area (Å²) in [4.78, 5) is 9.44. The molecular weight excluding hydrogens is 284 g/mol. The van der Waals surface area contributed by atoms with Crippen LogP contribution < -0.4 is 0 Å². The third-order valence-electron chi connectivity index (χ3n) is 4.28. The molecule has 3 heteroatoms. The molecule has 0 aliphatic carbocycles. The third-order valence-corrected chi connectivity index (χ3v) is 4.28. The van der Waals surface area contributed by atoms with Gasteiger partial charge in [0.1, 0.15) is 5.75 Å². The van der Waals surface area contributed by atoms with Gasteiger partial charge in [0.15, 0.2) is 0 Å². The van der Waals surface area contributed by atoms with Gasteiger partial charge in [0, 0.05) is 27.6 Å². The van der Waals surface area contributed by atoms with Crippen LogP contribution in [0.2, 0.25) is 0 Å². The summed E-state index contributed by atoms with van der Waals surface area (Å²) in [6, 6.07) is 21.7. The van der Waals surface area contributed by atoms with Gasteiger partial charge < -0.3 is 5.11 Å². The molecular formula is C20H12N2O. The smallest absolute Gasteiger partial charge is 0.127 e. The summed E-state index contributed by atoms with van der Waals surface area (Å²) in [5.74, 6) is 0.216. The van der Waals surface area contributed by atoms with E-state index in [4.69, 9.17) is 4.98 Å². The van der Waals surface area contributed by atoms with Crippen LogP contribution in [-0.4, -0.2) is 15.1 Å². The van der Waals surface area contributed by atoms with Crippen molar-refractivity contribution in [3.8, 4) is 5.75 Å². The lowest BCUT2D eigenvalue weighted by atomic mass is 10.0. The first-order valence-electron chi connectivity index (χ1n) is 7.50. The summed E-state index contributed by atoms with van der Waals surface area (Å²) >= 11 is 0. The van der Waals surface area contributed by atoms with Crippen molar-refractivity contribution in [2.24, 2.45) is 0 Å². The average Bonchev–Trinajstić information content (AvgIpc) is 2.59. The average molecular weight is 296 g/mol. The first-order valence-corrected chi connectivity index (χ1v) is 7.50. The maximum absolute atomic E-state index is 10.4. The molecule has 3 aromatic carbocycles. The number of rotatable bonds is 0. The van der Waals surface area contributed by atoms with Crippen LogP contribution >= 0.6 is 0 Å². The third kappa shape index (κ3) is 1.77. The van der Waals surface area contributed by atoms with Gasteiger partial charge >= 0.3 is 0 Å². The summed E-state index contributed by atoms with van der Waals surface area (Å²) in [5, 5.41) is 14.2. The number of aromatic hydroxyl groups is 1. The summed E-state index contributed by atoms with van der Waals surface area (Å²) in [7, 11) is 0. The Labute approximate surface area is 131 Å². The predicted octanol–water partition coefficient (Wildman–Crippen LogP) is 4.80. The van der Waals surface area contributed by atoms with E-state index in [1.807, 2.05) is 54.6 Å². The fraction of sp³-hybridized carbons (Fsp3) is 0. The lowest BCUT2D eigenvalue weighted by Crippen LogP contribution is -1.88. The van der Waals surface area contributed by atoms with Gasteiger partial charge in [0.05, 0.1) is 22.1 Å². The number of para-hydroxylation sites is 2. The topological polar surface area (TPSA) is 46.0 Å². The highest BCUT2D eigenvalue weighted by molar-refractivity contribution is 6.12. The van der Waals surface area contributed by atoms with Crippen molar-refractivity contribution < 1.29 is 5.11 Å². The molecule has 1 N–H and O–H groups in total. The molecule has 0 saturated carbocycles. The minimum atomic E-state index is 0.216. The molecule has 0 amide bonds. The Morgan fingerprint density at radius 1 is 0.609 bits per heavy atom. The standard InChI is InChI=1S/C20H12N2O/c23-19-11-18-14(9-12-5-1-3-7-16(12)21-18)20-15(19)10-13-6-2-4-8-17(13)22-20/h1-11,23H. The zero-order chi connectivity index (χ0) is 15.4. The van der Waals surface area contributed by atoms with Gasteiger partial charge in [-0.15, -0.1) is 0 Å². The van der Waals surface area contributed by atoms with Gasteiger partial charge in [-0.3, -0.25) is 0 Å². The van der Waals surface area contributed by atoms with Crippen LogP contribution in [-0.2, 0) is 0 Å². The number of benzene rings is 3. The van der Waals surface area contributed by atoms with Crippen LogP contribution in [0.3, 0.4) is 0 Å². The van der Waals surface area contributed by atoms with E-state index in [-0.39, 0.29) is 5.75 Å². The number of fused-ring (bicyclic) bond motifs is 5. The molecule has 23 heavy (non-hydrogen) atoms. The Hall–Kier alpha value is -3.20. The Kier molecular flexibility index (Phi) is 2.36. The number of hydrogen-bond donors (Lipinski definition) is 1. The molecule has 0 atom stereocenters. The van der Waals surface area contributed by atoms with Crippen LogP contribution in [0.4, 0.5) is 0 Å². The Balaban J connectivity index is 2.04.